The van der Waals surface area contributed by atoms with Gasteiger partial charge in [0, 0.05) is 16.3 Å². The second-order valence-corrected chi connectivity index (χ2v) is 7.23. The zero-order chi connectivity index (χ0) is 11.1. The number of hydrogen-bond donors (Lipinski definition) is 0. The zero-order valence-corrected chi connectivity index (χ0v) is 10.6. The van der Waals surface area contributed by atoms with Gasteiger partial charge in [-0.2, -0.15) is 4.31 Å². The van der Waals surface area contributed by atoms with Gasteiger partial charge in [-0.3, -0.25) is 0 Å². The summed E-state index contributed by atoms with van der Waals surface area (Å²) in [5.41, 5.74) is 0. The Balaban J connectivity index is 2.30. The molecule has 15 heavy (non-hydrogen) atoms. The van der Waals surface area contributed by atoms with Crippen LogP contribution in [0.1, 0.15) is 28.6 Å². The summed E-state index contributed by atoms with van der Waals surface area (Å²) in [6.07, 6.45) is 3.22. The fraction of sp³-hybridized carbons (Fsp3) is 0.600. The summed E-state index contributed by atoms with van der Waals surface area (Å²) >= 11 is 1.70. The van der Waals surface area contributed by atoms with Crippen molar-refractivity contribution in [2.24, 2.45) is 0 Å². The molecule has 0 N–H and O–H groups in total. The van der Waals surface area contributed by atoms with Crippen molar-refractivity contribution in [1.82, 2.24) is 4.31 Å². The van der Waals surface area contributed by atoms with Crippen molar-refractivity contribution in [2.75, 3.05) is 12.8 Å². The van der Waals surface area contributed by atoms with Crippen LogP contribution in [0.25, 0.3) is 0 Å². The van der Waals surface area contributed by atoms with E-state index < -0.39 is 10.0 Å². The molecule has 84 valence electrons. The van der Waals surface area contributed by atoms with E-state index in [-0.39, 0.29) is 6.04 Å². The van der Waals surface area contributed by atoms with Gasteiger partial charge in [-0.1, -0.05) is 0 Å². The van der Waals surface area contributed by atoms with E-state index >= 15 is 0 Å². The van der Waals surface area contributed by atoms with Crippen molar-refractivity contribution in [2.45, 2.75) is 25.8 Å². The summed E-state index contributed by atoms with van der Waals surface area (Å²) in [5, 5.41) is 0. The van der Waals surface area contributed by atoms with Gasteiger partial charge in [0.1, 0.15) is 0 Å². The van der Waals surface area contributed by atoms with Crippen LogP contribution in [-0.4, -0.2) is 25.5 Å². The minimum absolute atomic E-state index is 0.0821. The molecule has 1 aromatic heterocycles. The Morgan fingerprint density at radius 3 is 2.73 bits per heavy atom. The first kappa shape index (κ1) is 11.1. The molecular weight excluding hydrogens is 230 g/mol. The standard InChI is InChI=1S/C10H15NO2S2/c1-8-5-6-10(14-8)9-4-3-7-11(9)15(2,12)13/h5-6,9H,3-4,7H2,1-2H3. The third-order valence-electron chi connectivity index (χ3n) is 2.72. The summed E-state index contributed by atoms with van der Waals surface area (Å²) in [7, 11) is -3.05. The SMILES string of the molecule is Cc1ccc(C2CCCN2S(C)(=O)=O)s1. The van der Waals surface area contributed by atoms with E-state index in [1.165, 1.54) is 16.0 Å². The van der Waals surface area contributed by atoms with E-state index in [4.69, 9.17) is 0 Å². The number of aryl methyl sites for hydroxylation is 1. The third kappa shape index (κ3) is 2.24. The van der Waals surface area contributed by atoms with Crippen LogP contribution in [0.4, 0.5) is 0 Å². The molecular formula is C10H15NO2S2. The van der Waals surface area contributed by atoms with Crippen LogP contribution in [0.3, 0.4) is 0 Å². The molecule has 1 aliphatic rings. The highest BCUT2D eigenvalue weighted by Crippen LogP contribution is 2.36. The Kier molecular flexibility index (Phi) is 2.87. The Labute approximate surface area is 94.8 Å². The molecule has 0 spiro atoms. The minimum Gasteiger partial charge on any atom is -0.212 e. The van der Waals surface area contributed by atoms with Crippen LogP contribution in [0.5, 0.6) is 0 Å². The molecule has 0 radical (unpaired) electrons. The monoisotopic (exact) mass is 245 g/mol. The summed E-state index contributed by atoms with van der Waals surface area (Å²) in [6.45, 7) is 2.72. The van der Waals surface area contributed by atoms with E-state index in [9.17, 15) is 8.42 Å². The Hall–Kier alpha value is -0.390. The zero-order valence-electron chi connectivity index (χ0n) is 8.93. The number of sulfonamides is 1. The smallest absolute Gasteiger partial charge is 0.211 e. The molecule has 1 fully saturated rings. The van der Waals surface area contributed by atoms with Gasteiger partial charge < -0.3 is 0 Å². The summed E-state index contributed by atoms with van der Waals surface area (Å²) in [5.74, 6) is 0. The number of rotatable bonds is 2. The molecule has 0 amide bonds. The number of hydrogen-bond acceptors (Lipinski definition) is 3. The van der Waals surface area contributed by atoms with Crippen LogP contribution < -0.4 is 0 Å². The van der Waals surface area contributed by atoms with Gasteiger partial charge in [-0.05, 0) is 31.9 Å². The molecule has 0 bridgehead atoms. The van der Waals surface area contributed by atoms with E-state index in [1.807, 2.05) is 13.0 Å². The highest BCUT2D eigenvalue weighted by molar-refractivity contribution is 7.88. The van der Waals surface area contributed by atoms with E-state index in [0.29, 0.717) is 6.54 Å². The molecule has 2 rings (SSSR count). The topological polar surface area (TPSA) is 37.4 Å². The van der Waals surface area contributed by atoms with Crippen molar-refractivity contribution in [3.8, 4) is 0 Å². The fourth-order valence-corrected chi connectivity index (χ4v) is 4.29. The molecule has 1 atom stereocenters. The average molecular weight is 245 g/mol. The van der Waals surface area contributed by atoms with Crippen molar-refractivity contribution >= 4 is 21.4 Å². The molecule has 1 unspecified atom stereocenters. The van der Waals surface area contributed by atoms with Gasteiger partial charge in [0.25, 0.3) is 0 Å². The van der Waals surface area contributed by atoms with E-state index in [1.54, 1.807) is 15.6 Å². The Morgan fingerprint density at radius 1 is 1.47 bits per heavy atom. The quantitative estimate of drug-likeness (QED) is 0.800. The normalized spacial score (nSPS) is 23.5. The molecule has 2 heterocycles. The highest BCUT2D eigenvalue weighted by Gasteiger charge is 2.33. The lowest BCUT2D eigenvalue weighted by molar-refractivity contribution is 0.405. The molecule has 5 heteroatoms. The lowest BCUT2D eigenvalue weighted by atomic mass is 10.2. The Morgan fingerprint density at radius 2 is 2.20 bits per heavy atom. The predicted octanol–water partition coefficient (Wildman–Crippen LogP) is 2.15. The number of thiophene rings is 1. The van der Waals surface area contributed by atoms with Crippen LogP contribution in [-0.2, 0) is 10.0 Å². The lowest BCUT2D eigenvalue weighted by Crippen LogP contribution is -2.28. The van der Waals surface area contributed by atoms with Crippen molar-refractivity contribution < 1.29 is 8.42 Å². The molecule has 0 aliphatic carbocycles. The van der Waals surface area contributed by atoms with Crippen LogP contribution >= 0.6 is 11.3 Å². The van der Waals surface area contributed by atoms with E-state index in [0.717, 1.165) is 12.8 Å². The maximum Gasteiger partial charge on any atom is 0.211 e. The lowest BCUT2D eigenvalue weighted by Gasteiger charge is -2.20. The van der Waals surface area contributed by atoms with Gasteiger partial charge in [-0.25, -0.2) is 8.42 Å². The minimum atomic E-state index is -3.05. The predicted molar refractivity (Wildman–Crippen MR) is 62.6 cm³/mol. The van der Waals surface area contributed by atoms with Crippen molar-refractivity contribution in [3.05, 3.63) is 21.9 Å². The van der Waals surface area contributed by atoms with Gasteiger partial charge >= 0.3 is 0 Å². The molecule has 0 saturated carbocycles. The first-order valence-corrected chi connectivity index (χ1v) is 7.68. The van der Waals surface area contributed by atoms with Gasteiger partial charge in [0.05, 0.1) is 12.3 Å². The molecule has 1 saturated heterocycles. The Bertz CT molecular complexity index is 450. The van der Waals surface area contributed by atoms with Crippen LogP contribution in [0, 0.1) is 6.92 Å². The second-order valence-electron chi connectivity index (χ2n) is 3.98. The molecule has 0 aromatic carbocycles. The first-order chi connectivity index (χ1) is 6.98. The summed E-state index contributed by atoms with van der Waals surface area (Å²) in [6, 6.07) is 4.19. The van der Waals surface area contributed by atoms with Gasteiger partial charge in [-0.15, -0.1) is 11.3 Å². The van der Waals surface area contributed by atoms with Gasteiger partial charge in [0.2, 0.25) is 10.0 Å². The van der Waals surface area contributed by atoms with Crippen LogP contribution in [0.2, 0.25) is 0 Å². The van der Waals surface area contributed by atoms with Crippen LogP contribution in [0.15, 0.2) is 12.1 Å². The highest BCUT2D eigenvalue weighted by atomic mass is 32.2. The van der Waals surface area contributed by atoms with Gasteiger partial charge in [0.15, 0.2) is 0 Å². The molecule has 3 nitrogen and oxygen atoms in total. The average Bonchev–Trinajstić information content (AvgIpc) is 2.68. The first-order valence-electron chi connectivity index (χ1n) is 5.01. The number of nitrogens with zero attached hydrogens (tertiary/aromatic N) is 1. The maximum atomic E-state index is 11.6. The largest absolute Gasteiger partial charge is 0.212 e. The van der Waals surface area contributed by atoms with E-state index in [2.05, 4.69) is 6.07 Å². The third-order valence-corrected chi connectivity index (χ3v) is 5.11. The van der Waals surface area contributed by atoms with Crippen molar-refractivity contribution in [3.63, 3.8) is 0 Å². The summed E-state index contributed by atoms with van der Waals surface area (Å²) < 4.78 is 24.7. The molecule has 1 aromatic rings. The van der Waals surface area contributed by atoms with Crippen molar-refractivity contribution in [1.29, 1.82) is 0 Å². The second kappa shape index (κ2) is 3.88. The molecule has 1 aliphatic heterocycles. The fourth-order valence-electron chi connectivity index (χ4n) is 2.05. The summed E-state index contributed by atoms with van der Waals surface area (Å²) in [4.78, 5) is 2.42. The maximum absolute atomic E-state index is 11.6.